The Balaban J connectivity index is 2.25. The van der Waals surface area contributed by atoms with Gasteiger partial charge >= 0.3 is 0 Å². The summed E-state index contributed by atoms with van der Waals surface area (Å²) in [6.07, 6.45) is 3.09. The maximum absolute atomic E-state index is 5.51. The van der Waals surface area contributed by atoms with Crippen molar-refractivity contribution in [1.29, 1.82) is 0 Å². The molecule has 0 unspecified atom stereocenters. The van der Waals surface area contributed by atoms with Crippen LogP contribution in [-0.4, -0.2) is 17.1 Å². The van der Waals surface area contributed by atoms with E-state index in [2.05, 4.69) is 31.2 Å². The van der Waals surface area contributed by atoms with Crippen LogP contribution in [0.15, 0.2) is 35.1 Å². The lowest BCUT2D eigenvalue weighted by atomic mass is 10.3. The number of hydrogen-bond acceptors (Lipinski definition) is 5. The van der Waals surface area contributed by atoms with Crippen molar-refractivity contribution in [2.24, 2.45) is 0 Å². The lowest BCUT2D eigenvalue weighted by molar-refractivity contribution is 0.415. The molecular formula is C11H11BrN4O. The summed E-state index contributed by atoms with van der Waals surface area (Å²) in [6, 6.07) is 5.60. The third-order valence-electron chi connectivity index (χ3n) is 2.09. The zero-order chi connectivity index (χ0) is 12.3. The SMILES string of the molecule is COc1ccc(Br)c(Nc2ncc(N)cn2)c1. The van der Waals surface area contributed by atoms with E-state index >= 15 is 0 Å². The van der Waals surface area contributed by atoms with E-state index in [-0.39, 0.29) is 0 Å². The van der Waals surface area contributed by atoms with Crippen molar-refractivity contribution in [1.82, 2.24) is 9.97 Å². The zero-order valence-corrected chi connectivity index (χ0v) is 10.7. The largest absolute Gasteiger partial charge is 0.497 e. The third kappa shape index (κ3) is 2.85. The Bertz CT molecular complexity index is 515. The zero-order valence-electron chi connectivity index (χ0n) is 9.14. The number of hydrogen-bond donors (Lipinski definition) is 2. The van der Waals surface area contributed by atoms with Gasteiger partial charge in [-0.15, -0.1) is 0 Å². The summed E-state index contributed by atoms with van der Waals surface area (Å²) >= 11 is 3.43. The fourth-order valence-corrected chi connectivity index (χ4v) is 1.60. The summed E-state index contributed by atoms with van der Waals surface area (Å²) in [7, 11) is 1.62. The first kappa shape index (κ1) is 11.7. The van der Waals surface area contributed by atoms with E-state index in [1.54, 1.807) is 19.5 Å². The Labute approximate surface area is 107 Å². The van der Waals surface area contributed by atoms with E-state index in [0.717, 1.165) is 15.9 Å². The number of nitrogens with one attached hydrogen (secondary N) is 1. The number of nitrogens with two attached hydrogens (primary N) is 1. The van der Waals surface area contributed by atoms with E-state index in [1.165, 1.54) is 0 Å². The van der Waals surface area contributed by atoms with E-state index < -0.39 is 0 Å². The van der Waals surface area contributed by atoms with Gasteiger partial charge in [-0.05, 0) is 28.1 Å². The second kappa shape index (κ2) is 5.01. The smallest absolute Gasteiger partial charge is 0.227 e. The van der Waals surface area contributed by atoms with Gasteiger partial charge in [-0.1, -0.05) is 0 Å². The van der Waals surface area contributed by atoms with Crippen molar-refractivity contribution in [2.45, 2.75) is 0 Å². The molecule has 1 aromatic carbocycles. The van der Waals surface area contributed by atoms with Gasteiger partial charge in [-0.2, -0.15) is 0 Å². The van der Waals surface area contributed by atoms with Gasteiger partial charge in [0.1, 0.15) is 5.75 Å². The van der Waals surface area contributed by atoms with Crippen LogP contribution >= 0.6 is 15.9 Å². The molecule has 0 bridgehead atoms. The molecule has 0 aliphatic heterocycles. The molecule has 17 heavy (non-hydrogen) atoms. The number of aromatic nitrogens is 2. The van der Waals surface area contributed by atoms with Crippen LogP contribution in [-0.2, 0) is 0 Å². The summed E-state index contributed by atoms with van der Waals surface area (Å²) in [6.45, 7) is 0. The van der Waals surface area contributed by atoms with E-state index in [4.69, 9.17) is 10.5 Å². The third-order valence-corrected chi connectivity index (χ3v) is 2.78. The molecule has 0 fully saturated rings. The molecule has 2 rings (SSSR count). The predicted molar refractivity (Wildman–Crippen MR) is 70.4 cm³/mol. The molecular weight excluding hydrogens is 284 g/mol. The van der Waals surface area contributed by atoms with E-state index in [9.17, 15) is 0 Å². The van der Waals surface area contributed by atoms with Crippen LogP contribution in [0.4, 0.5) is 17.3 Å². The number of methoxy groups -OCH3 is 1. The molecule has 2 aromatic rings. The average molecular weight is 295 g/mol. The van der Waals surface area contributed by atoms with Crippen LogP contribution in [0.1, 0.15) is 0 Å². The van der Waals surface area contributed by atoms with Crippen LogP contribution in [0, 0.1) is 0 Å². The first-order valence-corrected chi connectivity index (χ1v) is 5.66. The minimum Gasteiger partial charge on any atom is -0.497 e. The number of ether oxygens (including phenoxy) is 1. The quantitative estimate of drug-likeness (QED) is 0.910. The number of nitrogen functional groups attached to an aromatic ring is 1. The van der Waals surface area contributed by atoms with Crippen molar-refractivity contribution >= 4 is 33.3 Å². The van der Waals surface area contributed by atoms with Gasteiger partial charge in [-0.3, -0.25) is 0 Å². The van der Waals surface area contributed by atoms with Crippen molar-refractivity contribution in [3.8, 4) is 5.75 Å². The second-order valence-electron chi connectivity index (χ2n) is 3.31. The highest BCUT2D eigenvalue weighted by Gasteiger charge is 2.04. The van der Waals surface area contributed by atoms with Crippen molar-refractivity contribution < 1.29 is 4.74 Å². The first-order chi connectivity index (χ1) is 8.19. The maximum atomic E-state index is 5.51. The number of anilines is 3. The van der Waals surface area contributed by atoms with Crippen LogP contribution in [0.5, 0.6) is 5.75 Å². The number of nitrogens with zero attached hydrogens (tertiary/aromatic N) is 2. The number of rotatable bonds is 3. The maximum Gasteiger partial charge on any atom is 0.227 e. The van der Waals surface area contributed by atoms with Gasteiger partial charge in [0.05, 0.1) is 30.9 Å². The van der Waals surface area contributed by atoms with E-state index in [1.807, 2.05) is 18.2 Å². The Morgan fingerprint density at radius 2 is 2.00 bits per heavy atom. The monoisotopic (exact) mass is 294 g/mol. The van der Waals surface area contributed by atoms with Gasteiger partial charge in [0.2, 0.25) is 5.95 Å². The van der Waals surface area contributed by atoms with Crippen molar-refractivity contribution in [3.63, 3.8) is 0 Å². The van der Waals surface area contributed by atoms with E-state index in [0.29, 0.717) is 11.6 Å². The molecule has 6 heteroatoms. The fraction of sp³-hybridized carbons (Fsp3) is 0.0909. The minimum absolute atomic E-state index is 0.480. The highest BCUT2D eigenvalue weighted by molar-refractivity contribution is 9.10. The second-order valence-corrected chi connectivity index (χ2v) is 4.17. The molecule has 0 saturated heterocycles. The summed E-state index contributed by atoms with van der Waals surface area (Å²) in [4.78, 5) is 8.12. The molecule has 0 saturated carbocycles. The van der Waals surface area contributed by atoms with Crippen molar-refractivity contribution in [2.75, 3.05) is 18.2 Å². The van der Waals surface area contributed by atoms with Gasteiger partial charge in [0, 0.05) is 10.5 Å². The predicted octanol–water partition coefficient (Wildman–Crippen LogP) is 2.57. The first-order valence-electron chi connectivity index (χ1n) is 4.87. The standard InChI is InChI=1S/C11H11BrN4O/c1-17-8-2-3-9(12)10(4-8)16-11-14-5-7(13)6-15-11/h2-6H,13H2,1H3,(H,14,15,16). The van der Waals surface area contributed by atoms with Crippen molar-refractivity contribution in [3.05, 3.63) is 35.1 Å². The summed E-state index contributed by atoms with van der Waals surface area (Å²) in [5.74, 6) is 1.24. The van der Waals surface area contributed by atoms with Gasteiger partial charge < -0.3 is 15.8 Å². The van der Waals surface area contributed by atoms with Crippen LogP contribution < -0.4 is 15.8 Å². The number of halogens is 1. The number of benzene rings is 1. The molecule has 1 heterocycles. The van der Waals surface area contributed by atoms with Gasteiger partial charge in [0.15, 0.2) is 0 Å². The van der Waals surface area contributed by atoms with Crippen LogP contribution in [0.2, 0.25) is 0 Å². The average Bonchev–Trinajstić information content (AvgIpc) is 2.35. The molecule has 0 aliphatic rings. The Kier molecular flexibility index (Phi) is 3.43. The normalized spacial score (nSPS) is 10.0. The molecule has 1 aromatic heterocycles. The van der Waals surface area contributed by atoms with Gasteiger partial charge in [0.25, 0.3) is 0 Å². The Morgan fingerprint density at radius 3 is 2.65 bits per heavy atom. The summed E-state index contributed by atoms with van der Waals surface area (Å²) in [5.41, 5.74) is 6.87. The topological polar surface area (TPSA) is 73.1 Å². The molecule has 0 atom stereocenters. The lowest BCUT2D eigenvalue weighted by Crippen LogP contribution is -1.99. The van der Waals surface area contributed by atoms with Crippen LogP contribution in [0.3, 0.4) is 0 Å². The highest BCUT2D eigenvalue weighted by atomic mass is 79.9. The molecule has 0 amide bonds. The molecule has 3 N–H and O–H groups in total. The molecule has 0 spiro atoms. The molecule has 5 nitrogen and oxygen atoms in total. The summed E-state index contributed by atoms with van der Waals surface area (Å²) in [5, 5.41) is 3.07. The van der Waals surface area contributed by atoms with Crippen LogP contribution in [0.25, 0.3) is 0 Å². The molecule has 0 radical (unpaired) electrons. The highest BCUT2D eigenvalue weighted by Crippen LogP contribution is 2.28. The lowest BCUT2D eigenvalue weighted by Gasteiger charge is -2.08. The molecule has 88 valence electrons. The Morgan fingerprint density at radius 1 is 1.29 bits per heavy atom. The summed E-state index contributed by atoms with van der Waals surface area (Å²) < 4.78 is 6.05. The molecule has 0 aliphatic carbocycles. The minimum atomic E-state index is 0.480. The fourth-order valence-electron chi connectivity index (χ4n) is 1.25. The van der Waals surface area contributed by atoms with Gasteiger partial charge in [-0.25, -0.2) is 9.97 Å². The Hall–Kier alpha value is -1.82.